The van der Waals surface area contributed by atoms with Crippen LogP contribution >= 0.6 is 34.8 Å². The Bertz CT molecular complexity index is 179. The van der Waals surface area contributed by atoms with Gasteiger partial charge < -0.3 is 9.64 Å². The molecule has 0 aromatic heterocycles. The fraction of sp³-hybridized carbons (Fsp3) is 0.600. The molecule has 0 atom stereocenters. The van der Waals surface area contributed by atoms with Crippen molar-refractivity contribution in [1.82, 2.24) is 4.90 Å². The molecule has 0 N–H and O–H groups in total. The molecule has 1 aliphatic heterocycles. The van der Waals surface area contributed by atoms with Gasteiger partial charge in [-0.3, -0.25) is 4.79 Å². The Balaban J connectivity index is 2.70. The van der Waals surface area contributed by atoms with E-state index in [0.717, 1.165) is 0 Å². The van der Waals surface area contributed by atoms with Gasteiger partial charge in [-0.2, -0.15) is 0 Å². The smallest absolute Gasteiger partial charge is 0.218 e. The SMILES string of the molecule is CN1C(=O)CO[C-]1C(Cl)(Cl)Cl. The lowest BCUT2D eigenvalue weighted by Crippen LogP contribution is -2.31. The molecule has 0 saturated carbocycles. The Kier molecular flexibility index (Phi) is 2.54. The average molecular weight is 217 g/mol. The molecule has 3 nitrogen and oxygen atoms in total. The van der Waals surface area contributed by atoms with Crippen molar-refractivity contribution in [3.8, 4) is 0 Å². The van der Waals surface area contributed by atoms with Gasteiger partial charge >= 0.3 is 0 Å². The van der Waals surface area contributed by atoms with E-state index in [1.165, 1.54) is 11.9 Å². The summed E-state index contributed by atoms with van der Waals surface area (Å²) >= 11 is 16.4. The van der Waals surface area contributed by atoms with Crippen LogP contribution < -0.4 is 0 Å². The van der Waals surface area contributed by atoms with Gasteiger partial charge in [0, 0.05) is 0 Å². The Morgan fingerprint density at radius 3 is 2.36 bits per heavy atom. The summed E-state index contributed by atoms with van der Waals surface area (Å²) in [6, 6.07) is 0. The fourth-order valence-corrected chi connectivity index (χ4v) is 1.25. The van der Waals surface area contributed by atoms with Crippen LogP contribution in [0.5, 0.6) is 0 Å². The molecule has 1 aliphatic rings. The number of rotatable bonds is 0. The molecule has 64 valence electrons. The number of likely N-dealkylation sites (N-methyl/N-ethyl adjacent to an activating group) is 1. The van der Waals surface area contributed by atoms with Gasteiger partial charge in [-0.05, 0) is 7.05 Å². The lowest BCUT2D eigenvalue weighted by Gasteiger charge is -2.38. The van der Waals surface area contributed by atoms with Crippen LogP contribution in [0.15, 0.2) is 0 Å². The molecule has 1 amide bonds. The van der Waals surface area contributed by atoms with Gasteiger partial charge in [-0.1, -0.05) is 6.23 Å². The molecule has 0 aliphatic carbocycles. The molecule has 0 radical (unpaired) electrons. The molecule has 1 heterocycles. The predicted octanol–water partition coefficient (Wildman–Crippen LogP) is 1.33. The average Bonchev–Trinajstić information content (AvgIpc) is 2.11. The summed E-state index contributed by atoms with van der Waals surface area (Å²) in [6.07, 6.45) is 0.0625. The molecule has 1 saturated heterocycles. The standard InChI is InChI=1S/C5H5Cl3NO2/c1-9-3(10)2-11-4(9)5(6,7)8/h2H2,1H3/q-1. The number of halogens is 3. The van der Waals surface area contributed by atoms with Crippen molar-refractivity contribution in [2.24, 2.45) is 0 Å². The van der Waals surface area contributed by atoms with E-state index in [2.05, 4.69) is 0 Å². The number of alkyl halides is 3. The Morgan fingerprint density at radius 1 is 1.64 bits per heavy atom. The Labute approximate surface area is 79.1 Å². The summed E-state index contributed by atoms with van der Waals surface area (Å²) < 4.78 is 3.19. The maximum absolute atomic E-state index is 10.8. The summed E-state index contributed by atoms with van der Waals surface area (Å²) in [5.41, 5.74) is 0. The number of ether oxygens (including phenoxy) is 1. The van der Waals surface area contributed by atoms with Gasteiger partial charge in [0.2, 0.25) is 5.91 Å². The normalized spacial score (nSPS) is 21.5. The fourth-order valence-electron chi connectivity index (χ4n) is 0.709. The number of amides is 1. The topological polar surface area (TPSA) is 29.5 Å². The highest BCUT2D eigenvalue weighted by molar-refractivity contribution is 6.69. The monoisotopic (exact) mass is 216 g/mol. The maximum Gasteiger partial charge on any atom is 0.218 e. The molecule has 1 rings (SSSR count). The molecule has 0 bridgehead atoms. The van der Waals surface area contributed by atoms with Crippen LogP contribution in [0.2, 0.25) is 0 Å². The van der Waals surface area contributed by atoms with E-state index in [-0.39, 0.29) is 18.7 Å². The first kappa shape index (κ1) is 9.39. The van der Waals surface area contributed by atoms with E-state index in [0.29, 0.717) is 0 Å². The van der Waals surface area contributed by atoms with Crippen LogP contribution in [-0.2, 0) is 9.53 Å². The van der Waals surface area contributed by atoms with Crippen molar-refractivity contribution in [2.45, 2.75) is 3.79 Å². The van der Waals surface area contributed by atoms with Crippen molar-refractivity contribution < 1.29 is 9.53 Å². The minimum Gasteiger partial charge on any atom is -0.517 e. The number of nitrogens with zero attached hydrogens (tertiary/aromatic N) is 1. The molecule has 1 fully saturated rings. The second kappa shape index (κ2) is 2.98. The predicted molar refractivity (Wildman–Crippen MR) is 42.3 cm³/mol. The van der Waals surface area contributed by atoms with Crippen LogP contribution in [0.1, 0.15) is 0 Å². The molecule has 11 heavy (non-hydrogen) atoms. The van der Waals surface area contributed by atoms with Crippen LogP contribution in [0.25, 0.3) is 0 Å². The molecule has 0 spiro atoms. The van der Waals surface area contributed by atoms with Crippen molar-refractivity contribution in [3.63, 3.8) is 0 Å². The van der Waals surface area contributed by atoms with Crippen molar-refractivity contribution in [1.29, 1.82) is 0 Å². The highest BCUT2D eigenvalue weighted by Crippen LogP contribution is 2.41. The van der Waals surface area contributed by atoms with Gasteiger partial charge in [0.25, 0.3) is 0 Å². The van der Waals surface area contributed by atoms with E-state index in [9.17, 15) is 4.79 Å². The van der Waals surface area contributed by atoms with E-state index in [1.807, 2.05) is 0 Å². The second-order valence-electron chi connectivity index (χ2n) is 2.04. The first-order valence-electron chi connectivity index (χ1n) is 2.76. The number of hydrogen-bond acceptors (Lipinski definition) is 2. The Morgan fingerprint density at radius 2 is 2.18 bits per heavy atom. The Hall–Kier alpha value is 0.300. The summed E-state index contributed by atoms with van der Waals surface area (Å²) in [5.74, 6) is -0.216. The van der Waals surface area contributed by atoms with Gasteiger partial charge in [0.05, 0.1) is 6.61 Å². The van der Waals surface area contributed by atoms with Crippen LogP contribution in [0.4, 0.5) is 0 Å². The van der Waals surface area contributed by atoms with Crippen LogP contribution in [0.3, 0.4) is 0 Å². The summed E-state index contributed by atoms with van der Waals surface area (Å²) in [4.78, 5) is 12.0. The van der Waals surface area contributed by atoms with Gasteiger partial charge in [0.15, 0.2) is 0 Å². The molecule has 6 heteroatoms. The number of hydrogen-bond donors (Lipinski definition) is 0. The van der Waals surface area contributed by atoms with Crippen LogP contribution in [0, 0.1) is 6.23 Å². The zero-order chi connectivity index (χ0) is 8.65. The van der Waals surface area contributed by atoms with Gasteiger partial charge in [0.1, 0.15) is 3.79 Å². The first-order valence-corrected chi connectivity index (χ1v) is 3.90. The molecular formula is C5H5Cl3NO2-. The van der Waals surface area contributed by atoms with E-state index >= 15 is 0 Å². The van der Waals surface area contributed by atoms with E-state index in [4.69, 9.17) is 39.5 Å². The number of carbonyl (C=O) groups is 1. The largest absolute Gasteiger partial charge is 0.517 e. The van der Waals surface area contributed by atoms with E-state index in [1.54, 1.807) is 0 Å². The van der Waals surface area contributed by atoms with Crippen molar-refractivity contribution >= 4 is 40.7 Å². The van der Waals surface area contributed by atoms with Gasteiger partial charge in [-0.15, -0.1) is 34.8 Å². The zero-order valence-electron chi connectivity index (χ0n) is 5.60. The quantitative estimate of drug-likeness (QED) is 0.453. The maximum atomic E-state index is 10.8. The van der Waals surface area contributed by atoms with Crippen LogP contribution in [-0.4, -0.2) is 28.3 Å². The lowest BCUT2D eigenvalue weighted by atomic mass is 10.5. The highest BCUT2D eigenvalue weighted by atomic mass is 35.6. The van der Waals surface area contributed by atoms with Gasteiger partial charge in [-0.25, -0.2) is 0 Å². The third-order valence-electron chi connectivity index (χ3n) is 1.25. The highest BCUT2D eigenvalue weighted by Gasteiger charge is 2.30. The summed E-state index contributed by atoms with van der Waals surface area (Å²) in [6.45, 7) is -0.0558. The molecular weight excluding hydrogens is 212 g/mol. The van der Waals surface area contributed by atoms with Crippen molar-refractivity contribution in [3.05, 3.63) is 6.23 Å². The van der Waals surface area contributed by atoms with E-state index < -0.39 is 3.79 Å². The number of carbonyl (C=O) groups excluding carboxylic acids is 1. The summed E-state index contributed by atoms with van der Waals surface area (Å²) in [7, 11) is 1.49. The second-order valence-corrected chi connectivity index (χ2v) is 4.33. The minimum atomic E-state index is -1.65. The van der Waals surface area contributed by atoms with Crippen molar-refractivity contribution in [2.75, 3.05) is 13.7 Å². The molecule has 0 aromatic carbocycles. The third kappa shape index (κ3) is 1.90. The summed E-state index contributed by atoms with van der Waals surface area (Å²) in [5, 5.41) is 0. The third-order valence-corrected chi connectivity index (χ3v) is 1.74. The zero-order valence-corrected chi connectivity index (χ0v) is 7.87. The molecule has 0 aromatic rings. The lowest BCUT2D eigenvalue weighted by molar-refractivity contribution is -0.125. The molecule has 0 unspecified atom stereocenters. The first-order chi connectivity index (χ1) is 4.93. The minimum absolute atomic E-state index is 0.0558.